The summed E-state index contributed by atoms with van der Waals surface area (Å²) in [6.45, 7) is 7.50. The Bertz CT molecular complexity index is 339. The van der Waals surface area contributed by atoms with E-state index < -0.39 is 0 Å². The fourth-order valence-corrected chi connectivity index (χ4v) is 1.40. The molecular weight excluding hydrogens is 205 g/mol. The van der Waals surface area contributed by atoms with E-state index in [2.05, 4.69) is 18.8 Å². The number of hydrogen-bond acceptors (Lipinski definition) is 2. The molecule has 0 spiro atoms. The zero-order valence-electron chi connectivity index (χ0n) is 9.63. The van der Waals surface area contributed by atoms with E-state index in [1.54, 1.807) is 12.1 Å². The van der Waals surface area contributed by atoms with Gasteiger partial charge in [0, 0.05) is 12.1 Å². The molecule has 0 heterocycles. The Hall–Kier alpha value is -1.35. The average molecular weight is 223 g/mol. The zero-order valence-corrected chi connectivity index (χ0v) is 9.63. The SMILES string of the molecule is C=CCOc1c(F)cccc1CNCCC. The Labute approximate surface area is 96.1 Å². The van der Waals surface area contributed by atoms with Gasteiger partial charge in [-0.2, -0.15) is 0 Å². The first-order valence-corrected chi connectivity index (χ1v) is 5.51. The van der Waals surface area contributed by atoms with Gasteiger partial charge in [0.25, 0.3) is 0 Å². The van der Waals surface area contributed by atoms with E-state index in [-0.39, 0.29) is 5.82 Å². The highest BCUT2D eigenvalue weighted by Crippen LogP contribution is 2.22. The summed E-state index contributed by atoms with van der Waals surface area (Å²) in [7, 11) is 0. The molecule has 0 aromatic heterocycles. The van der Waals surface area contributed by atoms with Crippen molar-refractivity contribution in [1.29, 1.82) is 0 Å². The molecule has 2 nitrogen and oxygen atoms in total. The van der Waals surface area contributed by atoms with Crippen molar-refractivity contribution in [3.05, 3.63) is 42.2 Å². The highest BCUT2D eigenvalue weighted by atomic mass is 19.1. The van der Waals surface area contributed by atoms with Crippen molar-refractivity contribution in [2.45, 2.75) is 19.9 Å². The molecule has 0 amide bonds. The molecule has 3 heteroatoms. The molecule has 1 aromatic carbocycles. The molecular formula is C13H18FNO. The molecule has 0 aliphatic rings. The highest BCUT2D eigenvalue weighted by Gasteiger charge is 2.08. The van der Waals surface area contributed by atoms with E-state index in [0.29, 0.717) is 18.9 Å². The van der Waals surface area contributed by atoms with Gasteiger partial charge in [-0.1, -0.05) is 31.7 Å². The van der Waals surface area contributed by atoms with Crippen molar-refractivity contribution in [2.24, 2.45) is 0 Å². The first-order chi connectivity index (χ1) is 7.79. The van der Waals surface area contributed by atoms with Crippen molar-refractivity contribution in [2.75, 3.05) is 13.2 Å². The van der Waals surface area contributed by atoms with Gasteiger partial charge in [-0.25, -0.2) is 4.39 Å². The van der Waals surface area contributed by atoms with Gasteiger partial charge in [-0.15, -0.1) is 0 Å². The first kappa shape index (κ1) is 12.7. The van der Waals surface area contributed by atoms with E-state index in [4.69, 9.17) is 4.74 Å². The Morgan fingerprint density at radius 1 is 1.50 bits per heavy atom. The van der Waals surface area contributed by atoms with Crippen molar-refractivity contribution in [3.8, 4) is 5.75 Å². The fraction of sp³-hybridized carbons (Fsp3) is 0.385. The van der Waals surface area contributed by atoms with Gasteiger partial charge < -0.3 is 10.1 Å². The van der Waals surface area contributed by atoms with Crippen LogP contribution in [0.15, 0.2) is 30.9 Å². The normalized spacial score (nSPS) is 10.1. The number of benzene rings is 1. The van der Waals surface area contributed by atoms with Crippen molar-refractivity contribution < 1.29 is 9.13 Å². The van der Waals surface area contributed by atoms with Crippen LogP contribution in [0.3, 0.4) is 0 Å². The average Bonchev–Trinajstić information content (AvgIpc) is 2.28. The van der Waals surface area contributed by atoms with Crippen LogP contribution in [0.2, 0.25) is 0 Å². The number of hydrogen-bond donors (Lipinski definition) is 1. The van der Waals surface area contributed by atoms with Gasteiger partial charge in [-0.3, -0.25) is 0 Å². The molecule has 0 aliphatic heterocycles. The van der Waals surface area contributed by atoms with Gasteiger partial charge in [0.1, 0.15) is 6.61 Å². The Morgan fingerprint density at radius 3 is 3.00 bits per heavy atom. The number of halogens is 1. The number of nitrogens with one attached hydrogen (secondary N) is 1. The molecule has 0 fully saturated rings. The van der Waals surface area contributed by atoms with Crippen LogP contribution in [-0.2, 0) is 6.54 Å². The fourth-order valence-electron chi connectivity index (χ4n) is 1.40. The predicted molar refractivity (Wildman–Crippen MR) is 64.1 cm³/mol. The molecule has 0 atom stereocenters. The minimum atomic E-state index is -0.322. The van der Waals surface area contributed by atoms with Crippen LogP contribution in [0.4, 0.5) is 4.39 Å². The minimum absolute atomic E-state index is 0.321. The van der Waals surface area contributed by atoms with Gasteiger partial charge in [0.2, 0.25) is 0 Å². The predicted octanol–water partition coefficient (Wildman–Crippen LogP) is 2.89. The minimum Gasteiger partial charge on any atom is -0.486 e. The second kappa shape index (κ2) is 7.01. The number of para-hydroxylation sites is 1. The molecule has 1 rings (SSSR count). The topological polar surface area (TPSA) is 21.3 Å². The second-order valence-corrected chi connectivity index (χ2v) is 3.50. The van der Waals surface area contributed by atoms with Gasteiger partial charge in [-0.05, 0) is 19.0 Å². The summed E-state index contributed by atoms with van der Waals surface area (Å²) in [4.78, 5) is 0. The third kappa shape index (κ3) is 3.66. The molecule has 0 saturated heterocycles. The maximum absolute atomic E-state index is 13.5. The number of ether oxygens (including phenoxy) is 1. The van der Waals surface area contributed by atoms with E-state index in [1.807, 2.05) is 6.07 Å². The van der Waals surface area contributed by atoms with E-state index >= 15 is 0 Å². The molecule has 16 heavy (non-hydrogen) atoms. The van der Waals surface area contributed by atoms with Crippen LogP contribution in [0.25, 0.3) is 0 Å². The number of rotatable bonds is 7. The van der Waals surface area contributed by atoms with Gasteiger partial charge >= 0.3 is 0 Å². The lowest BCUT2D eigenvalue weighted by molar-refractivity contribution is 0.336. The van der Waals surface area contributed by atoms with Crippen molar-refractivity contribution in [1.82, 2.24) is 5.32 Å². The van der Waals surface area contributed by atoms with E-state index in [9.17, 15) is 4.39 Å². The first-order valence-electron chi connectivity index (χ1n) is 5.51. The van der Waals surface area contributed by atoms with E-state index in [0.717, 1.165) is 18.5 Å². The lowest BCUT2D eigenvalue weighted by Gasteiger charge is -2.11. The van der Waals surface area contributed by atoms with Crippen LogP contribution in [0.5, 0.6) is 5.75 Å². The molecule has 0 unspecified atom stereocenters. The summed E-state index contributed by atoms with van der Waals surface area (Å²) in [5, 5.41) is 3.22. The largest absolute Gasteiger partial charge is 0.486 e. The van der Waals surface area contributed by atoms with Crippen LogP contribution in [0.1, 0.15) is 18.9 Å². The van der Waals surface area contributed by atoms with Crippen LogP contribution in [0, 0.1) is 5.82 Å². The lowest BCUT2D eigenvalue weighted by atomic mass is 10.2. The lowest BCUT2D eigenvalue weighted by Crippen LogP contribution is -2.15. The molecule has 0 bridgehead atoms. The second-order valence-electron chi connectivity index (χ2n) is 3.50. The smallest absolute Gasteiger partial charge is 0.165 e. The summed E-state index contributed by atoms with van der Waals surface area (Å²) >= 11 is 0. The van der Waals surface area contributed by atoms with Gasteiger partial charge in [0.15, 0.2) is 11.6 Å². The summed E-state index contributed by atoms with van der Waals surface area (Å²) < 4.78 is 18.8. The maximum atomic E-state index is 13.5. The Morgan fingerprint density at radius 2 is 2.31 bits per heavy atom. The summed E-state index contributed by atoms with van der Waals surface area (Å²) in [6, 6.07) is 4.96. The zero-order chi connectivity index (χ0) is 11.8. The monoisotopic (exact) mass is 223 g/mol. The molecule has 0 radical (unpaired) electrons. The van der Waals surface area contributed by atoms with Crippen LogP contribution in [-0.4, -0.2) is 13.2 Å². The van der Waals surface area contributed by atoms with Crippen molar-refractivity contribution in [3.63, 3.8) is 0 Å². The summed E-state index contributed by atoms with van der Waals surface area (Å²) in [6.07, 6.45) is 2.66. The maximum Gasteiger partial charge on any atom is 0.165 e. The van der Waals surface area contributed by atoms with Crippen LogP contribution >= 0.6 is 0 Å². The molecule has 1 aromatic rings. The quantitative estimate of drug-likeness (QED) is 0.567. The summed E-state index contributed by atoms with van der Waals surface area (Å²) in [5.41, 5.74) is 0.843. The highest BCUT2D eigenvalue weighted by molar-refractivity contribution is 5.35. The third-order valence-electron chi connectivity index (χ3n) is 2.14. The molecule has 0 saturated carbocycles. The summed E-state index contributed by atoms with van der Waals surface area (Å²) in [5.74, 6) is 0.00338. The van der Waals surface area contributed by atoms with Gasteiger partial charge in [0.05, 0.1) is 0 Å². The van der Waals surface area contributed by atoms with E-state index in [1.165, 1.54) is 6.07 Å². The third-order valence-corrected chi connectivity index (χ3v) is 2.14. The molecule has 1 N–H and O–H groups in total. The molecule has 88 valence electrons. The Balaban J connectivity index is 2.72. The van der Waals surface area contributed by atoms with Crippen molar-refractivity contribution >= 4 is 0 Å². The standard InChI is InChI=1S/C13H18FNO/c1-3-8-15-10-11-6-5-7-12(14)13(11)16-9-4-2/h4-7,15H,2-3,8-10H2,1H3. The van der Waals surface area contributed by atoms with Crippen LogP contribution < -0.4 is 10.1 Å². The molecule has 0 aliphatic carbocycles. The Kier molecular flexibility index (Phi) is 5.57.